The van der Waals surface area contributed by atoms with Crippen LogP contribution in [-0.4, -0.2) is 79.2 Å². The summed E-state index contributed by atoms with van der Waals surface area (Å²) in [5.41, 5.74) is 0.674. The van der Waals surface area contributed by atoms with Crippen molar-refractivity contribution < 1.29 is 19.4 Å². The Balaban J connectivity index is 1.33. The summed E-state index contributed by atoms with van der Waals surface area (Å²) in [7, 11) is 1.56. The van der Waals surface area contributed by atoms with E-state index in [0.717, 1.165) is 38.5 Å². The summed E-state index contributed by atoms with van der Waals surface area (Å²) >= 11 is 0. The lowest BCUT2D eigenvalue weighted by Gasteiger charge is -2.29. The molecule has 0 spiro atoms. The van der Waals surface area contributed by atoms with E-state index in [1.54, 1.807) is 23.9 Å². The van der Waals surface area contributed by atoms with Crippen LogP contribution in [0.4, 0.5) is 10.7 Å². The number of aromatic nitrogens is 6. The van der Waals surface area contributed by atoms with Gasteiger partial charge in [-0.1, -0.05) is 0 Å². The second-order valence-corrected chi connectivity index (χ2v) is 8.99. The number of nitrogens with one attached hydrogen (secondary N) is 4. The molecule has 2 saturated carbocycles. The Bertz CT molecular complexity index is 1400. The summed E-state index contributed by atoms with van der Waals surface area (Å²) < 4.78 is 11.5. The van der Waals surface area contributed by atoms with Crippen LogP contribution in [0.1, 0.15) is 44.2 Å². The molecule has 0 aliphatic heterocycles. The van der Waals surface area contributed by atoms with Gasteiger partial charge in [0, 0.05) is 24.4 Å². The van der Waals surface area contributed by atoms with E-state index in [9.17, 15) is 14.7 Å². The molecule has 0 aromatic carbocycles. The van der Waals surface area contributed by atoms with Crippen LogP contribution < -0.4 is 27.2 Å². The minimum absolute atomic E-state index is 0.0501. The van der Waals surface area contributed by atoms with Gasteiger partial charge in [0.1, 0.15) is 12.3 Å². The number of anilines is 1. The monoisotopic (exact) mass is 499 g/mol. The van der Waals surface area contributed by atoms with Crippen LogP contribution in [-0.2, 0) is 9.47 Å². The number of fused-ring (bicyclic) bond motifs is 1. The highest BCUT2D eigenvalue weighted by Crippen LogP contribution is 2.23. The third kappa shape index (κ3) is 5.64. The third-order valence-electron chi connectivity index (χ3n) is 6.16. The van der Waals surface area contributed by atoms with Gasteiger partial charge in [-0.2, -0.15) is 19.6 Å². The molecule has 36 heavy (non-hydrogen) atoms. The molecule has 3 aromatic heterocycles. The number of aromatic amines is 2. The van der Waals surface area contributed by atoms with E-state index in [1.165, 1.54) is 0 Å². The van der Waals surface area contributed by atoms with Gasteiger partial charge in [-0.3, -0.25) is 4.98 Å². The number of H-pyrrole nitrogens is 2. The first-order valence-corrected chi connectivity index (χ1v) is 12.0. The topological polar surface area (TPSA) is 184 Å². The van der Waals surface area contributed by atoms with Crippen molar-refractivity contribution in [3.05, 3.63) is 33.2 Å². The lowest BCUT2D eigenvalue weighted by atomic mass is 9.91. The van der Waals surface area contributed by atoms with Gasteiger partial charge in [0.05, 0.1) is 18.8 Å². The molecular weight excluding hydrogens is 470 g/mol. The number of alkyl carbamates (subject to hydrolysis) is 1. The molecule has 14 nitrogen and oxygen atoms in total. The minimum Gasteiger partial charge on any atom is -0.493 e. The number of nitrogens with zero attached hydrogens (tertiary/aromatic N) is 5. The molecule has 0 saturated heterocycles. The summed E-state index contributed by atoms with van der Waals surface area (Å²) in [6.07, 6.45) is 8.02. The van der Waals surface area contributed by atoms with Crippen LogP contribution in [0.5, 0.6) is 5.88 Å². The maximum absolute atomic E-state index is 11.9. The van der Waals surface area contributed by atoms with Crippen LogP contribution >= 0.6 is 0 Å². The van der Waals surface area contributed by atoms with Crippen molar-refractivity contribution in [2.75, 3.05) is 25.6 Å². The molecule has 192 valence electrons. The van der Waals surface area contributed by atoms with Crippen molar-refractivity contribution in [2.45, 2.75) is 56.7 Å². The second kappa shape index (κ2) is 10.4. The van der Waals surface area contributed by atoms with E-state index >= 15 is 0 Å². The van der Waals surface area contributed by atoms with Crippen molar-refractivity contribution in [2.24, 2.45) is 4.99 Å². The predicted octanol–water partition coefficient (Wildman–Crippen LogP) is -0.447. The van der Waals surface area contributed by atoms with Crippen LogP contribution in [0.3, 0.4) is 0 Å². The number of amides is 1. The van der Waals surface area contributed by atoms with Crippen molar-refractivity contribution >= 4 is 23.8 Å². The summed E-state index contributed by atoms with van der Waals surface area (Å²) in [6, 6.07) is 0.404. The number of hydrogen-bond donors (Lipinski definition) is 5. The zero-order valence-corrected chi connectivity index (χ0v) is 19.9. The molecule has 0 atom stereocenters. The van der Waals surface area contributed by atoms with Crippen molar-refractivity contribution in [3.63, 3.8) is 0 Å². The lowest BCUT2D eigenvalue weighted by Crippen LogP contribution is -2.41. The fourth-order valence-corrected chi connectivity index (χ4v) is 4.14. The highest BCUT2D eigenvalue weighted by molar-refractivity contribution is 5.67. The Labute approximate surface area is 204 Å². The maximum Gasteiger partial charge on any atom is 0.407 e. The fourth-order valence-electron chi connectivity index (χ4n) is 4.14. The molecular formula is C22H29N9O5. The SMILES string of the molecule is COCCOC(=O)NC1CCC(Nc2nc(=NC3CC3)n3nc/c(=C\c4[nH]c(=O)[nH]c4O)c3n2)CC1. The lowest BCUT2D eigenvalue weighted by molar-refractivity contribution is 0.0950. The van der Waals surface area contributed by atoms with Crippen LogP contribution in [0, 0.1) is 0 Å². The van der Waals surface area contributed by atoms with Crippen LogP contribution in [0.25, 0.3) is 11.7 Å². The van der Waals surface area contributed by atoms with Gasteiger partial charge in [0.15, 0.2) is 5.65 Å². The fraction of sp³-hybridized carbons (Fsp3) is 0.545. The zero-order chi connectivity index (χ0) is 25.1. The molecule has 2 fully saturated rings. The minimum atomic E-state index is -0.509. The Kier molecular flexibility index (Phi) is 6.84. The number of carbonyl (C=O) groups excluding carboxylic acids is 1. The molecule has 2 aliphatic rings. The van der Waals surface area contributed by atoms with E-state index in [0.29, 0.717) is 29.0 Å². The number of hydrogen-bond acceptors (Lipinski definition) is 10. The average Bonchev–Trinajstić information content (AvgIpc) is 3.49. The average molecular weight is 500 g/mol. The summed E-state index contributed by atoms with van der Waals surface area (Å²) in [6.45, 7) is 0.589. The third-order valence-corrected chi connectivity index (χ3v) is 6.16. The normalized spacial score (nSPS) is 21.1. The summed E-state index contributed by atoms with van der Waals surface area (Å²) in [5, 5.41) is 21.2. The molecule has 2 aliphatic carbocycles. The standard InChI is InChI=1S/C22H29N9O5/c1-35-8-9-36-22(34)26-15-6-2-13(3-7-15)24-19-28-17-12(10-16-18(32)29-21(33)27-16)11-23-31(17)20(30-19)25-14-4-5-14/h10-11,13-15,32H,2-9H2,1H3,(H,26,34)(H,24,25,30)(H2,27,29,33)/b12-10+. The number of methoxy groups -OCH3 is 1. The molecule has 0 radical (unpaired) electrons. The maximum atomic E-state index is 11.9. The highest BCUT2D eigenvalue weighted by Gasteiger charge is 2.24. The van der Waals surface area contributed by atoms with Gasteiger partial charge in [0.2, 0.25) is 11.8 Å². The number of carbonyl (C=O) groups is 1. The van der Waals surface area contributed by atoms with Crippen molar-refractivity contribution in [1.29, 1.82) is 0 Å². The van der Waals surface area contributed by atoms with Gasteiger partial charge >= 0.3 is 11.8 Å². The van der Waals surface area contributed by atoms with Gasteiger partial charge in [-0.25, -0.2) is 14.6 Å². The number of rotatable bonds is 8. The Morgan fingerprint density at radius 3 is 2.67 bits per heavy atom. The number of aromatic hydroxyl groups is 1. The van der Waals surface area contributed by atoms with Crippen molar-refractivity contribution in [1.82, 2.24) is 34.9 Å². The molecule has 14 heteroatoms. The van der Waals surface area contributed by atoms with Gasteiger partial charge < -0.3 is 30.2 Å². The van der Waals surface area contributed by atoms with Gasteiger partial charge in [0.25, 0.3) is 5.62 Å². The first-order valence-electron chi connectivity index (χ1n) is 12.0. The first kappa shape index (κ1) is 23.8. The Hall–Kier alpha value is -3.94. The Morgan fingerprint density at radius 1 is 1.19 bits per heavy atom. The van der Waals surface area contributed by atoms with Crippen LogP contribution in [0.15, 0.2) is 16.0 Å². The molecule has 0 unspecified atom stereocenters. The molecule has 3 aromatic rings. The first-order chi connectivity index (χ1) is 17.5. The molecule has 5 N–H and O–H groups in total. The molecule has 0 bridgehead atoms. The largest absolute Gasteiger partial charge is 0.493 e. The Morgan fingerprint density at radius 2 is 1.97 bits per heavy atom. The smallest absolute Gasteiger partial charge is 0.407 e. The van der Waals surface area contributed by atoms with E-state index in [2.05, 4.69) is 40.7 Å². The molecule has 1 amide bonds. The number of imidazole rings is 1. The number of ether oxygens (including phenoxy) is 2. The highest BCUT2D eigenvalue weighted by atomic mass is 16.6. The second-order valence-electron chi connectivity index (χ2n) is 8.99. The van der Waals surface area contributed by atoms with E-state index in [4.69, 9.17) is 9.47 Å². The molecule has 5 rings (SSSR count). The van der Waals surface area contributed by atoms with Crippen LogP contribution in [0.2, 0.25) is 0 Å². The van der Waals surface area contributed by atoms with E-state index in [-0.39, 0.29) is 36.3 Å². The molecule has 3 heterocycles. The van der Waals surface area contributed by atoms with E-state index in [1.807, 2.05) is 0 Å². The van der Waals surface area contributed by atoms with Crippen molar-refractivity contribution in [3.8, 4) is 5.88 Å². The van der Waals surface area contributed by atoms with Gasteiger partial charge in [-0.05, 0) is 44.6 Å². The van der Waals surface area contributed by atoms with Gasteiger partial charge in [-0.15, -0.1) is 0 Å². The predicted molar refractivity (Wildman–Crippen MR) is 127 cm³/mol. The zero-order valence-electron chi connectivity index (χ0n) is 19.9. The summed E-state index contributed by atoms with van der Waals surface area (Å²) in [4.78, 5) is 42.2. The van der Waals surface area contributed by atoms with E-state index < -0.39 is 11.8 Å². The quantitative estimate of drug-likeness (QED) is 0.256. The summed E-state index contributed by atoms with van der Waals surface area (Å²) in [5.74, 6) is 0.168.